The summed E-state index contributed by atoms with van der Waals surface area (Å²) in [6.45, 7) is 0. The summed E-state index contributed by atoms with van der Waals surface area (Å²) in [5.41, 5.74) is 2.02. The molecule has 0 amide bonds. The Hall–Kier alpha value is -3.49. The highest BCUT2D eigenvalue weighted by Crippen LogP contribution is 2.51. The fourth-order valence-electron chi connectivity index (χ4n) is 4.79. The summed E-state index contributed by atoms with van der Waals surface area (Å²) in [5.74, 6) is -0.829. The lowest BCUT2D eigenvalue weighted by molar-refractivity contribution is 0.0775. The van der Waals surface area contributed by atoms with E-state index in [-0.39, 0.29) is 11.6 Å². The van der Waals surface area contributed by atoms with Gasteiger partial charge in [0.05, 0.1) is 0 Å². The molecule has 0 atom stereocenters. The van der Waals surface area contributed by atoms with Crippen molar-refractivity contribution in [1.29, 1.82) is 0 Å². The number of carbonyl (C=O) groups excluding carboxylic acids is 2. The first-order chi connectivity index (χ1) is 15.1. The molecule has 0 N–H and O–H groups in total. The van der Waals surface area contributed by atoms with Crippen LogP contribution in [0.3, 0.4) is 0 Å². The maximum atomic E-state index is 14.1. The Labute approximate surface area is 186 Å². The monoisotopic (exact) mass is 422 g/mol. The van der Waals surface area contributed by atoms with Crippen molar-refractivity contribution >= 4 is 23.2 Å². The number of halogens is 1. The molecule has 0 saturated carbocycles. The van der Waals surface area contributed by atoms with E-state index in [9.17, 15) is 9.59 Å². The summed E-state index contributed by atoms with van der Waals surface area (Å²) < 4.78 is 0. The van der Waals surface area contributed by atoms with Gasteiger partial charge in [0.25, 0.3) is 0 Å². The molecule has 5 rings (SSSR count). The van der Waals surface area contributed by atoms with Gasteiger partial charge in [0.2, 0.25) is 0 Å². The predicted molar refractivity (Wildman–Crippen MR) is 123 cm³/mol. The molecule has 0 aromatic heterocycles. The van der Waals surface area contributed by atoms with E-state index in [0.717, 1.165) is 11.1 Å². The van der Waals surface area contributed by atoms with E-state index in [0.29, 0.717) is 21.7 Å². The molecule has 0 fully saturated rings. The molecule has 4 aromatic carbocycles. The lowest BCUT2D eigenvalue weighted by Crippen LogP contribution is -2.44. The van der Waals surface area contributed by atoms with Gasteiger partial charge in [-0.15, -0.1) is 0 Å². The molecule has 0 heterocycles. The Kier molecular flexibility index (Phi) is 4.80. The molecule has 1 aliphatic carbocycles. The Morgan fingerprint density at radius 3 is 1.42 bits per heavy atom. The zero-order chi connectivity index (χ0) is 21.4. The molecule has 3 heteroatoms. The van der Waals surface area contributed by atoms with Gasteiger partial charge < -0.3 is 0 Å². The molecular weight excluding hydrogens is 404 g/mol. The third kappa shape index (κ3) is 2.95. The van der Waals surface area contributed by atoms with Crippen LogP contribution in [-0.4, -0.2) is 11.6 Å². The van der Waals surface area contributed by atoms with Crippen LogP contribution >= 0.6 is 11.6 Å². The minimum atomic E-state index is -1.41. The smallest absolute Gasteiger partial charge is 0.182 e. The molecule has 0 unspecified atom stereocenters. The van der Waals surface area contributed by atoms with Crippen LogP contribution in [0.15, 0.2) is 109 Å². The third-order valence-corrected chi connectivity index (χ3v) is 6.38. The molecule has 2 nitrogen and oxygen atoms in total. The SMILES string of the molecule is O=C1c2ccccc2C(=O)C1(c1ccc(Cl)cc1)C(c1ccccc1)c1ccccc1. The summed E-state index contributed by atoms with van der Waals surface area (Å²) in [4.78, 5) is 28.3. The first-order valence-electron chi connectivity index (χ1n) is 10.2. The minimum Gasteiger partial charge on any atom is -0.293 e. The molecule has 0 aliphatic heterocycles. The zero-order valence-corrected chi connectivity index (χ0v) is 17.4. The van der Waals surface area contributed by atoms with Gasteiger partial charge in [-0.05, 0) is 28.8 Å². The average molecular weight is 423 g/mol. The molecule has 0 spiro atoms. The van der Waals surface area contributed by atoms with Crippen molar-refractivity contribution in [2.24, 2.45) is 0 Å². The Balaban J connectivity index is 1.87. The molecule has 0 radical (unpaired) electrons. The maximum Gasteiger partial charge on any atom is 0.182 e. The van der Waals surface area contributed by atoms with Gasteiger partial charge in [-0.25, -0.2) is 0 Å². The maximum absolute atomic E-state index is 14.1. The summed E-state index contributed by atoms with van der Waals surface area (Å²) in [6, 6.07) is 33.8. The van der Waals surface area contributed by atoms with Crippen molar-refractivity contribution in [3.8, 4) is 0 Å². The highest BCUT2D eigenvalue weighted by atomic mass is 35.5. The summed E-state index contributed by atoms with van der Waals surface area (Å²) in [6.07, 6.45) is 0. The van der Waals surface area contributed by atoms with Crippen LogP contribution in [0.4, 0.5) is 0 Å². The van der Waals surface area contributed by atoms with Gasteiger partial charge in [-0.3, -0.25) is 9.59 Å². The lowest BCUT2D eigenvalue weighted by atomic mass is 9.62. The van der Waals surface area contributed by atoms with Gasteiger partial charge in [-0.1, -0.05) is 109 Å². The first-order valence-corrected chi connectivity index (χ1v) is 10.6. The topological polar surface area (TPSA) is 34.1 Å². The van der Waals surface area contributed by atoms with E-state index in [1.54, 1.807) is 24.3 Å². The van der Waals surface area contributed by atoms with Crippen molar-refractivity contribution in [1.82, 2.24) is 0 Å². The van der Waals surface area contributed by atoms with E-state index in [4.69, 9.17) is 11.6 Å². The van der Waals surface area contributed by atoms with Gasteiger partial charge in [0, 0.05) is 22.1 Å². The molecule has 0 bridgehead atoms. The number of rotatable bonds is 4. The second kappa shape index (κ2) is 7.64. The number of carbonyl (C=O) groups is 2. The largest absolute Gasteiger partial charge is 0.293 e. The van der Waals surface area contributed by atoms with Gasteiger partial charge >= 0.3 is 0 Å². The van der Waals surface area contributed by atoms with Crippen LogP contribution in [0, 0.1) is 0 Å². The van der Waals surface area contributed by atoms with Crippen molar-refractivity contribution < 1.29 is 9.59 Å². The number of Topliss-reactive ketones (excluding diaryl/α,β-unsaturated/α-hetero) is 2. The standard InChI is InChI=1S/C28H19ClO2/c29-22-17-15-21(16-18-22)28(26(30)23-13-7-8-14-24(23)27(28)31)25(19-9-3-1-4-10-19)20-11-5-2-6-12-20/h1-18,25H. The minimum absolute atomic E-state index is 0.173. The van der Waals surface area contributed by atoms with Crippen LogP contribution in [-0.2, 0) is 5.41 Å². The van der Waals surface area contributed by atoms with Crippen LogP contribution in [0.2, 0.25) is 5.02 Å². The zero-order valence-electron chi connectivity index (χ0n) is 16.7. The number of hydrogen-bond donors (Lipinski definition) is 0. The summed E-state index contributed by atoms with van der Waals surface area (Å²) in [5, 5.41) is 0.560. The summed E-state index contributed by atoms with van der Waals surface area (Å²) in [7, 11) is 0. The average Bonchev–Trinajstić information content (AvgIpc) is 3.04. The van der Waals surface area contributed by atoms with Gasteiger partial charge in [0.15, 0.2) is 11.6 Å². The fourth-order valence-corrected chi connectivity index (χ4v) is 4.92. The van der Waals surface area contributed by atoms with E-state index in [1.165, 1.54) is 0 Å². The fraction of sp³-hybridized carbons (Fsp3) is 0.0714. The summed E-state index contributed by atoms with van der Waals surface area (Å²) >= 11 is 6.17. The van der Waals surface area contributed by atoms with E-state index in [2.05, 4.69) is 0 Å². The van der Waals surface area contributed by atoms with Crippen LogP contribution in [0.25, 0.3) is 0 Å². The van der Waals surface area contributed by atoms with E-state index in [1.807, 2.05) is 84.9 Å². The highest BCUT2D eigenvalue weighted by Gasteiger charge is 2.59. The van der Waals surface area contributed by atoms with Crippen molar-refractivity contribution in [3.05, 3.63) is 142 Å². The number of ketones is 2. The predicted octanol–water partition coefficient (Wildman–Crippen LogP) is 6.49. The second-order valence-corrected chi connectivity index (χ2v) is 8.21. The Morgan fingerprint density at radius 2 is 0.968 bits per heavy atom. The van der Waals surface area contributed by atoms with Crippen molar-refractivity contribution in [3.63, 3.8) is 0 Å². The lowest BCUT2D eigenvalue weighted by Gasteiger charge is -2.36. The molecule has 4 aromatic rings. The van der Waals surface area contributed by atoms with Crippen LogP contribution in [0.5, 0.6) is 0 Å². The van der Waals surface area contributed by atoms with E-state index < -0.39 is 11.3 Å². The molecule has 0 saturated heterocycles. The normalized spacial score (nSPS) is 14.6. The Bertz CT molecular complexity index is 1190. The van der Waals surface area contributed by atoms with Crippen LogP contribution < -0.4 is 0 Å². The van der Waals surface area contributed by atoms with E-state index >= 15 is 0 Å². The third-order valence-electron chi connectivity index (χ3n) is 6.13. The van der Waals surface area contributed by atoms with Crippen molar-refractivity contribution in [2.75, 3.05) is 0 Å². The highest BCUT2D eigenvalue weighted by molar-refractivity contribution is 6.34. The van der Waals surface area contributed by atoms with Gasteiger partial charge in [0.1, 0.15) is 5.41 Å². The number of fused-ring (bicyclic) bond motifs is 1. The Morgan fingerprint density at radius 1 is 0.548 bits per heavy atom. The molecule has 1 aliphatic rings. The van der Waals surface area contributed by atoms with Crippen LogP contribution in [0.1, 0.15) is 43.3 Å². The quantitative estimate of drug-likeness (QED) is 0.352. The van der Waals surface area contributed by atoms with Gasteiger partial charge in [-0.2, -0.15) is 0 Å². The molecular formula is C28H19ClO2. The number of benzene rings is 4. The van der Waals surface area contributed by atoms with Crippen molar-refractivity contribution in [2.45, 2.75) is 11.3 Å². The second-order valence-electron chi connectivity index (χ2n) is 7.77. The molecule has 31 heavy (non-hydrogen) atoms. The molecule has 150 valence electrons. The number of hydrogen-bond acceptors (Lipinski definition) is 2. The first kappa shape index (κ1) is 19.5.